The number of benzene rings is 2. The third-order valence-electron chi connectivity index (χ3n) is 5.38. The van der Waals surface area contributed by atoms with Gasteiger partial charge in [-0.3, -0.25) is 14.4 Å². The number of anilines is 1. The first-order valence-corrected chi connectivity index (χ1v) is 9.70. The number of rotatable bonds is 3. The van der Waals surface area contributed by atoms with Gasteiger partial charge in [-0.1, -0.05) is 30.3 Å². The van der Waals surface area contributed by atoms with Crippen molar-refractivity contribution in [2.75, 3.05) is 31.6 Å². The van der Waals surface area contributed by atoms with Gasteiger partial charge in [0.1, 0.15) is 11.8 Å². The van der Waals surface area contributed by atoms with E-state index in [0.717, 1.165) is 5.56 Å². The van der Waals surface area contributed by atoms with E-state index < -0.39 is 6.04 Å². The summed E-state index contributed by atoms with van der Waals surface area (Å²) >= 11 is 0. The minimum absolute atomic E-state index is 0.0117. The van der Waals surface area contributed by atoms with Crippen LogP contribution < -0.4 is 15.0 Å². The second kappa shape index (κ2) is 7.95. The Kier molecular flexibility index (Phi) is 5.20. The van der Waals surface area contributed by atoms with E-state index in [1.165, 1.54) is 4.90 Å². The van der Waals surface area contributed by atoms with Crippen molar-refractivity contribution < 1.29 is 19.1 Å². The molecule has 2 heterocycles. The minimum Gasteiger partial charge on any atom is -0.482 e. The largest absolute Gasteiger partial charge is 0.482 e. The molecule has 0 radical (unpaired) electrons. The second-order valence-corrected chi connectivity index (χ2v) is 7.27. The number of carbonyl (C=O) groups excluding carboxylic acids is 3. The van der Waals surface area contributed by atoms with E-state index in [0.29, 0.717) is 42.9 Å². The molecule has 1 fully saturated rings. The smallest absolute Gasteiger partial charge is 0.264 e. The fourth-order valence-corrected chi connectivity index (χ4v) is 3.73. The maximum Gasteiger partial charge on any atom is 0.264 e. The predicted octanol–water partition coefficient (Wildman–Crippen LogP) is 1.62. The van der Waals surface area contributed by atoms with E-state index in [4.69, 9.17) is 4.74 Å². The average Bonchev–Trinajstić information content (AvgIpc) is 2.92. The summed E-state index contributed by atoms with van der Waals surface area (Å²) in [4.78, 5) is 41.2. The van der Waals surface area contributed by atoms with Crippen molar-refractivity contribution in [1.82, 2.24) is 10.2 Å². The molecule has 0 bridgehead atoms. The Bertz CT molecular complexity index is 944. The van der Waals surface area contributed by atoms with Gasteiger partial charge in [0.05, 0.1) is 5.69 Å². The molecule has 1 atom stereocenters. The van der Waals surface area contributed by atoms with Crippen LogP contribution in [0.4, 0.5) is 5.69 Å². The Balaban J connectivity index is 1.64. The first-order valence-electron chi connectivity index (χ1n) is 9.70. The molecule has 1 saturated heterocycles. The van der Waals surface area contributed by atoms with Crippen molar-refractivity contribution in [3.63, 3.8) is 0 Å². The lowest BCUT2D eigenvalue weighted by Gasteiger charge is -2.30. The van der Waals surface area contributed by atoms with Crippen LogP contribution in [0.1, 0.15) is 22.3 Å². The van der Waals surface area contributed by atoms with Crippen molar-refractivity contribution in [2.45, 2.75) is 18.9 Å². The van der Waals surface area contributed by atoms with Crippen LogP contribution in [0, 0.1) is 0 Å². The standard InChI is InChI=1S/C22H23N3O4/c1-24-17-13-16(8-9-19(17)29-14-20(24)26)22(28)25-11-5-10-23-21(27)18(25)12-15-6-3-2-4-7-15/h2-4,6-9,13,18H,5,10-12,14H2,1H3,(H,23,27). The first-order chi connectivity index (χ1) is 14.0. The number of fused-ring (bicyclic) bond motifs is 1. The lowest BCUT2D eigenvalue weighted by Crippen LogP contribution is -2.48. The Hall–Kier alpha value is -3.35. The van der Waals surface area contributed by atoms with Crippen LogP contribution in [0.2, 0.25) is 0 Å². The molecule has 4 rings (SSSR count). The topological polar surface area (TPSA) is 79.0 Å². The Morgan fingerprint density at radius 2 is 1.97 bits per heavy atom. The summed E-state index contributed by atoms with van der Waals surface area (Å²) in [6.45, 7) is 1.02. The molecule has 2 aliphatic rings. The van der Waals surface area contributed by atoms with Crippen LogP contribution in [0.15, 0.2) is 48.5 Å². The maximum absolute atomic E-state index is 13.4. The molecule has 0 saturated carbocycles. The van der Waals surface area contributed by atoms with Crippen LogP contribution in [-0.4, -0.2) is 55.4 Å². The number of carbonyl (C=O) groups is 3. The van der Waals surface area contributed by atoms with Gasteiger partial charge in [0.15, 0.2) is 6.61 Å². The highest BCUT2D eigenvalue weighted by molar-refractivity contribution is 6.02. The zero-order chi connectivity index (χ0) is 20.4. The summed E-state index contributed by atoms with van der Waals surface area (Å²) in [7, 11) is 1.66. The molecule has 29 heavy (non-hydrogen) atoms. The molecular formula is C22H23N3O4. The van der Waals surface area contributed by atoms with Crippen LogP contribution in [0.5, 0.6) is 5.75 Å². The lowest BCUT2D eigenvalue weighted by molar-refractivity contribution is -0.124. The molecule has 2 aliphatic heterocycles. The summed E-state index contributed by atoms with van der Waals surface area (Å²) in [5.41, 5.74) is 1.99. The molecule has 0 spiro atoms. The SMILES string of the molecule is CN1C(=O)COc2ccc(C(=O)N3CCCNC(=O)C3Cc3ccccc3)cc21. The molecule has 3 amide bonds. The van der Waals surface area contributed by atoms with E-state index in [1.54, 1.807) is 30.1 Å². The average molecular weight is 393 g/mol. The Labute approximate surface area is 169 Å². The van der Waals surface area contributed by atoms with E-state index in [9.17, 15) is 14.4 Å². The summed E-state index contributed by atoms with van der Waals surface area (Å²) in [6.07, 6.45) is 1.14. The summed E-state index contributed by atoms with van der Waals surface area (Å²) < 4.78 is 5.44. The maximum atomic E-state index is 13.4. The summed E-state index contributed by atoms with van der Waals surface area (Å²) in [5, 5.41) is 2.91. The molecule has 1 N–H and O–H groups in total. The fourth-order valence-electron chi connectivity index (χ4n) is 3.73. The number of amides is 3. The molecule has 2 aromatic rings. The van der Waals surface area contributed by atoms with Gasteiger partial charge in [0.2, 0.25) is 5.91 Å². The zero-order valence-corrected chi connectivity index (χ0v) is 16.3. The highest BCUT2D eigenvalue weighted by atomic mass is 16.5. The quantitative estimate of drug-likeness (QED) is 0.860. The monoisotopic (exact) mass is 393 g/mol. The first kappa shape index (κ1) is 19.0. The van der Waals surface area contributed by atoms with Crippen molar-refractivity contribution in [3.05, 3.63) is 59.7 Å². The molecule has 7 nitrogen and oxygen atoms in total. The van der Waals surface area contributed by atoms with Crippen molar-refractivity contribution in [3.8, 4) is 5.75 Å². The van der Waals surface area contributed by atoms with E-state index in [1.807, 2.05) is 30.3 Å². The van der Waals surface area contributed by atoms with Crippen LogP contribution in [-0.2, 0) is 16.0 Å². The Morgan fingerprint density at radius 3 is 2.76 bits per heavy atom. The molecule has 0 aromatic heterocycles. The zero-order valence-electron chi connectivity index (χ0n) is 16.3. The number of nitrogens with one attached hydrogen (secondary N) is 1. The third-order valence-corrected chi connectivity index (χ3v) is 5.38. The van der Waals surface area contributed by atoms with E-state index in [2.05, 4.69) is 5.32 Å². The number of hydrogen-bond donors (Lipinski definition) is 1. The van der Waals surface area contributed by atoms with Crippen LogP contribution >= 0.6 is 0 Å². The summed E-state index contributed by atoms with van der Waals surface area (Å²) in [5.74, 6) is 0.0294. The van der Waals surface area contributed by atoms with Gasteiger partial charge in [-0.2, -0.15) is 0 Å². The molecular weight excluding hydrogens is 370 g/mol. The van der Waals surface area contributed by atoms with Gasteiger partial charge in [0, 0.05) is 32.1 Å². The highest BCUT2D eigenvalue weighted by Gasteiger charge is 2.33. The van der Waals surface area contributed by atoms with Gasteiger partial charge in [0.25, 0.3) is 11.8 Å². The van der Waals surface area contributed by atoms with E-state index in [-0.39, 0.29) is 24.3 Å². The third kappa shape index (κ3) is 3.81. The van der Waals surface area contributed by atoms with Gasteiger partial charge < -0.3 is 19.9 Å². The number of nitrogens with zero attached hydrogens (tertiary/aromatic N) is 2. The normalized spacial score (nSPS) is 19.1. The fraction of sp³-hybridized carbons (Fsp3) is 0.318. The van der Waals surface area contributed by atoms with Gasteiger partial charge in [-0.05, 0) is 30.2 Å². The van der Waals surface area contributed by atoms with E-state index >= 15 is 0 Å². The van der Waals surface area contributed by atoms with Crippen LogP contribution in [0.3, 0.4) is 0 Å². The highest BCUT2D eigenvalue weighted by Crippen LogP contribution is 2.32. The lowest BCUT2D eigenvalue weighted by atomic mass is 10.0. The van der Waals surface area contributed by atoms with Crippen molar-refractivity contribution in [2.24, 2.45) is 0 Å². The number of likely N-dealkylation sites (N-methyl/N-ethyl adjacent to an activating group) is 1. The van der Waals surface area contributed by atoms with Crippen LogP contribution in [0.25, 0.3) is 0 Å². The second-order valence-electron chi connectivity index (χ2n) is 7.27. The summed E-state index contributed by atoms with van der Waals surface area (Å²) in [6, 6.07) is 14.2. The number of hydrogen-bond acceptors (Lipinski definition) is 4. The molecule has 1 unspecified atom stereocenters. The van der Waals surface area contributed by atoms with Gasteiger partial charge in [-0.25, -0.2) is 0 Å². The molecule has 150 valence electrons. The van der Waals surface area contributed by atoms with Crippen molar-refractivity contribution in [1.29, 1.82) is 0 Å². The van der Waals surface area contributed by atoms with Gasteiger partial charge >= 0.3 is 0 Å². The molecule has 7 heteroatoms. The Morgan fingerprint density at radius 1 is 1.17 bits per heavy atom. The molecule has 2 aromatic carbocycles. The predicted molar refractivity (Wildman–Crippen MR) is 108 cm³/mol. The number of ether oxygens (including phenoxy) is 1. The van der Waals surface area contributed by atoms with Crippen molar-refractivity contribution >= 4 is 23.4 Å². The van der Waals surface area contributed by atoms with Gasteiger partial charge in [-0.15, -0.1) is 0 Å². The minimum atomic E-state index is -0.584. The molecule has 0 aliphatic carbocycles.